The fraction of sp³-hybridized carbons (Fsp3) is 0.643. The van der Waals surface area contributed by atoms with Crippen LogP contribution in [0.3, 0.4) is 0 Å². The highest BCUT2D eigenvalue weighted by Crippen LogP contribution is 2.20. The number of nitrogens with one attached hydrogen (secondary N) is 2. The Balaban J connectivity index is 1.99. The lowest BCUT2D eigenvalue weighted by Crippen LogP contribution is -2.33. The van der Waals surface area contributed by atoms with Crippen LogP contribution in [0, 0.1) is 5.92 Å². The predicted molar refractivity (Wildman–Crippen MR) is 83.8 cm³/mol. The Hall–Kier alpha value is -1.18. The molecule has 1 saturated heterocycles. The molecular weight excluding hydrogens is 288 g/mol. The molecule has 2 N–H and O–H groups in total. The number of hydrogen-bond donors (Lipinski definition) is 2. The summed E-state index contributed by atoms with van der Waals surface area (Å²) in [5, 5.41) is 2.81. The molecule has 21 heavy (non-hydrogen) atoms. The van der Waals surface area contributed by atoms with E-state index in [2.05, 4.69) is 33.8 Å². The van der Waals surface area contributed by atoms with Crippen LogP contribution < -0.4 is 10.0 Å². The molecule has 1 aromatic rings. The molecule has 0 aromatic carbocycles. The summed E-state index contributed by atoms with van der Waals surface area (Å²) in [6.07, 6.45) is 2.61. The lowest BCUT2D eigenvalue weighted by Gasteiger charge is -2.20. The second-order valence-electron chi connectivity index (χ2n) is 5.70. The second kappa shape index (κ2) is 6.72. The molecule has 6 nitrogen and oxygen atoms in total. The van der Waals surface area contributed by atoms with Crippen LogP contribution in [0.25, 0.3) is 0 Å². The van der Waals surface area contributed by atoms with Crippen LogP contribution in [-0.2, 0) is 10.0 Å². The van der Waals surface area contributed by atoms with E-state index in [1.54, 1.807) is 25.4 Å². The molecule has 1 aromatic heterocycles. The van der Waals surface area contributed by atoms with E-state index in [1.807, 2.05) is 0 Å². The van der Waals surface area contributed by atoms with Gasteiger partial charge in [-0.1, -0.05) is 0 Å². The third kappa shape index (κ3) is 3.93. The van der Waals surface area contributed by atoms with Gasteiger partial charge < -0.3 is 10.2 Å². The number of rotatable bonds is 6. The monoisotopic (exact) mass is 312 g/mol. The Bertz CT molecular complexity index is 574. The first-order chi connectivity index (χ1) is 9.94. The lowest BCUT2D eigenvalue weighted by molar-refractivity contribution is 0.265. The molecule has 1 aliphatic heterocycles. The van der Waals surface area contributed by atoms with Crippen molar-refractivity contribution in [2.24, 2.45) is 5.92 Å². The normalized spacial score (nSPS) is 20.1. The van der Waals surface area contributed by atoms with Gasteiger partial charge in [0.25, 0.3) is 0 Å². The largest absolute Gasteiger partial charge is 0.372 e. The van der Waals surface area contributed by atoms with Crippen molar-refractivity contribution < 1.29 is 8.42 Å². The molecule has 0 amide bonds. The molecule has 0 saturated carbocycles. The number of anilines is 1. The van der Waals surface area contributed by atoms with E-state index in [4.69, 9.17) is 0 Å². The van der Waals surface area contributed by atoms with Crippen molar-refractivity contribution >= 4 is 15.8 Å². The fourth-order valence-electron chi connectivity index (χ4n) is 2.60. The summed E-state index contributed by atoms with van der Waals surface area (Å²) < 4.78 is 27.5. The molecule has 1 atom stereocenters. The zero-order chi connectivity index (χ0) is 15.5. The maximum atomic E-state index is 12.4. The van der Waals surface area contributed by atoms with E-state index >= 15 is 0 Å². The summed E-state index contributed by atoms with van der Waals surface area (Å²) in [5.74, 6) is 0.747. The van der Waals surface area contributed by atoms with Crippen LogP contribution in [0.4, 0.5) is 5.82 Å². The number of likely N-dealkylation sites (tertiary alicyclic amines) is 1. The zero-order valence-electron chi connectivity index (χ0n) is 12.8. The maximum Gasteiger partial charge on any atom is 0.244 e. The molecule has 0 spiro atoms. The van der Waals surface area contributed by atoms with Gasteiger partial charge in [0.15, 0.2) is 0 Å². The lowest BCUT2D eigenvalue weighted by atomic mass is 10.1. The first-order valence-electron chi connectivity index (χ1n) is 7.30. The SMILES string of the molecule is CNc1ncccc1S(=O)(=O)NCC1CCN(C(C)C)C1. The fourth-order valence-corrected chi connectivity index (χ4v) is 3.88. The van der Waals surface area contributed by atoms with Crippen molar-refractivity contribution in [2.45, 2.75) is 31.2 Å². The summed E-state index contributed by atoms with van der Waals surface area (Å²) in [4.78, 5) is 6.62. The van der Waals surface area contributed by atoms with E-state index < -0.39 is 10.0 Å². The van der Waals surface area contributed by atoms with Gasteiger partial charge in [-0.3, -0.25) is 0 Å². The minimum absolute atomic E-state index is 0.200. The Morgan fingerprint density at radius 2 is 2.24 bits per heavy atom. The average molecular weight is 312 g/mol. The van der Waals surface area contributed by atoms with Crippen molar-refractivity contribution in [3.8, 4) is 0 Å². The molecule has 0 radical (unpaired) electrons. The highest BCUT2D eigenvalue weighted by atomic mass is 32.2. The van der Waals surface area contributed by atoms with E-state index in [9.17, 15) is 8.42 Å². The zero-order valence-corrected chi connectivity index (χ0v) is 13.7. The van der Waals surface area contributed by atoms with Gasteiger partial charge in [0.05, 0.1) is 0 Å². The maximum absolute atomic E-state index is 12.4. The average Bonchev–Trinajstić information content (AvgIpc) is 2.94. The van der Waals surface area contributed by atoms with Gasteiger partial charge in [-0.15, -0.1) is 0 Å². The Morgan fingerprint density at radius 1 is 1.48 bits per heavy atom. The predicted octanol–water partition coefficient (Wildman–Crippen LogP) is 1.13. The van der Waals surface area contributed by atoms with Crippen LogP contribution >= 0.6 is 0 Å². The van der Waals surface area contributed by atoms with Crippen LogP contribution in [0.15, 0.2) is 23.2 Å². The summed E-state index contributed by atoms with van der Waals surface area (Å²) in [7, 11) is -1.86. The number of hydrogen-bond acceptors (Lipinski definition) is 5. The van der Waals surface area contributed by atoms with Gasteiger partial charge in [-0.05, 0) is 44.9 Å². The molecule has 1 fully saturated rings. The molecule has 2 rings (SSSR count). The van der Waals surface area contributed by atoms with Crippen molar-refractivity contribution in [2.75, 3.05) is 32.0 Å². The molecule has 2 heterocycles. The second-order valence-corrected chi connectivity index (χ2v) is 7.43. The van der Waals surface area contributed by atoms with E-state index in [1.165, 1.54) is 0 Å². The van der Waals surface area contributed by atoms with Crippen LogP contribution in [-0.4, -0.2) is 51.0 Å². The number of nitrogens with zero attached hydrogens (tertiary/aromatic N) is 2. The summed E-state index contributed by atoms with van der Waals surface area (Å²) >= 11 is 0. The van der Waals surface area contributed by atoms with Crippen molar-refractivity contribution in [3.05, 3.63) is 18.3 Å². The van der Waals surface area contributed by atoms with Crippen molar-refractivity contribution in [1.29, 1.82) is 0 Å². The Labute approximate surface area is 127 Å². The standard InChI is InChI=1S/C14H24N4O2S/c1-11(2)18-8-6-12(10-18)9-17-21(19,20)13-5-4-7-16-14(13)15-3/h4-5,7,11-12,17H,6,8-10H2,1-3H3,(H,15,16). The number of sulfonamides is 1. The quantitative estimate of drug-likeness (QED) is 0.824. The number of aromatic nitrogens is 1. The van der Waals surface area contributed by atoms with Crippen molar-refractivity contribution in [1.82, 2.24) is 14.6 Å². The van der Waals surface area contributed by atoms with E-state index in [0.717, 1.165) is 19.5 Å². The smallest absolute Gasteiger partial charge is 0.244 e. The Kier molecular flexibility index (Phi) is 5.18. The third-order valence-electron chi connectivity index (χ3n) is 3.91. The first kappa shape index (κ1) is 16.2. The molecular formula is C14H24N4O2S. The third-order valence-corrected chi connectivity index (χ3v) is 5.36. The first-order valence-corrected chi connectivity index (χ1v) is 8.79. The van der Waals surface area contributed by atoms with E-state index in [0.29, 0.717) is 24.3 Å². The van der Waals surface area contributed by atoms with Crippen molar-refractivity contribution in [3.63, 3.8) is 0 Å². The molecule has 0 bridgehead atoms. The summed E-state index contributed by atoms with van der Waals surface area (Å²) in [6.45, 7) is 6.80. The molecule has 1 aliphatic rings. The minimum Gasteiger partial charge on any atom is -0.372 e. The van der Waals surface area contributed by atoms with Gasteiger partial charge in [0, 0.05) is 32.4 Å². The van der Waals surface area contributed by atoms with Crippen LogP contribution in [0.1, 0.15) is 20.3 Å². The topological polar surface area (TPSA) is 74.3 Å². The van der Waals surface area contributed by atoms with Crippen LogP contribution in [0.5, 0.6) is 0 Å². The number of pyridine rings is 1. The highest BCUT2D eigenvalue weighted by molar-refractivity contribution is 7.89. The van der Waals surface area contributed by atoms with Crippen LogP contribution in [0.2, 0.25) is 0 Å². The van der Waals surface area contributed by atoms with Gasteiger partial charge in [0.2, 0.25) is 10.0 Å². The molecule has 0 aliphatic carbocycles. The van der Waals surface area contributed by atoms with Gasteiger partial charge in [-0.2, -0.15) is 0 Å². The van der Waals surface area contributed by atoms with Gasteiger partial charge >= 0.3 is 0 Å². The molecule has 1 unspecified atom stereocenters. The Morgan fingerprint density at radius 3 is 2.86 bits per heavy atom. The minimum atomic E-state index is -3.52. The summed E-state index contributed by atoms with van der Waals surface area (Å²) in [6, 6.07) is 3.71. The highest BCUT2D eigenvalue weighted by Gasteiger charge is 2.26. The molecule has 118 valence electrons. The summed E-state index contributed by atoms with van der Waals surface area (Å²) in [5.41, 5.74) is 0. The van der Waals surface area contributed by atoms with Gasteiger partial charge in [-0.25, -0.2) is 18.1 Å². The molecule has 7 heteroatoms. The van der Waals surface area contributed by atoms with Gasteiger partial charge in [0.1, 0.15) is 10.7 Å². The van der Waals surface area contributed by atoms with E-state index in [-0.39, 0.29) is 4.90 Å².